The molecule has 10 nitrogen and oxygen atoms in total. The molecule has 3 aliphatic heterocycles. The first-order chi connectivity index (χ1) is 24.9. The molecule has 2 aliphatic carbocycles. The molecule has 2 N–H and O–H groups in total. The average Bonchev–Trinajstić information content (AvgIpc) is 3.55. The third kappa shape index (κ3) is 5.73. The third-order valence-corrected chi connectivity index (χ3v) is 12.0. The van der Waals surface area contributed by atoms with Crippen molar-refractivity contribution in [3.05, 3.63) is 83.4 Å². The van der Waals surface area contributed by atoms with Gasteiger partial charge in [-0.3, -0.25) is 4.79 Å². The highest BCUT2D eigenvalue weighted by atomic mass is 16.6. The summed E-state index contributed by atoms with van der Waals surface area (Å²) in [5, 5.41) is 1.17. The number of hydrogen-bond acceptors (Lipinski definition) is 6. The summed E-state index contributed by atoms with van der Waals surface area (Å²) >= 11 is 0. The highest BCUT2D eigenvalue weighted by Gasteiger charge is 2.41. The zero-order valence-corrected chi connectivity index (χ0v) is 29.5. The predicted molar refractivity (Wildman–Crippen MR) is 197 cm³/mol. The van der Waals surface area contributed by atoms with Gasteiger partial charge in [-0.25, -0.2) is 9.78 Å². The van der Waals surface area contributed by atoms with Gasteiger partial charge in [-0.2, -0.15) is 0 Å². The molecule has 264 valence electrons. The molecule has 51 heavy (non-hydrogen) atoms. The summed E-state index contributed by atoms with van der Waals surface area (Å²) in [4.78, 5) is 36.2. The lowest BCUT2D eigenvalue weighted by Crippen LogP contribution is -2.58. The van der Waals surface area contributed by atoms with E-state index in [1.54, 1.807) is 7.11 Å². The van der Waals surface area contributed by atoms with Gasteiger partial charge in [0.1, 0.15) is 17.9 Å². The summed E-state index contributed by atoms with van der Waals surface area (Å²) in [6.07, 6.45) is 6.04. The van der Waals surface area contributed by atoms with Crippen molar-refractivity contribution in [1.29, 1.82) is 0 Å². The van der Waals surface area contributed by atoms with Crippen LogP contribution in [0.1, 0.15) is 65.9 Å². The molecule has 4 atom stereocenters. The van der Waals surface area contributed by atoms with Gasteiger partial charge in [0.2, 0.25) is 0 Å². The first kappa shape index (κ1) is 32.1. The fourth-order valence-electron chi connectivity index (χ4n) is 9.00. The number of nitrogens with two attached hydrogens (primary N) is 1. The van der Waals surface area contributed by atoms with Crippen LogP contribution >= 0.6 is 0 Å². The number of rotatable bonds is 8. The van der Waals surface area contributed by atoms with Crippen molar-refractivity contribution in [2.24, 2.45) is 24.6 Å². The Labute approximate surface area is 298 Å². The molecule has 2 aromatic heterocycles. The standard InChI is InChI=1S/C41H46N6O4/c1-44-38-34(17-30(19-36(38)50-2)40(48)46-23-29-13-14-31(46)20-33(29)42)43-39(44)35-18-27-9-6-10-32(37(27)47(35)21-25-11-12-25)28-15-16-45(22-28)41(49)51-24-26-7-4-3-5-8-26/h3-10,17-19,25,28-29,31,33H,11-16,20-24,42H2,1-2H3/t28?,29-,31-,33+/m1/s1. The topological polar surface area (TPSA) is 108 Å². The predicted octanol–water partition coefficient (Wildman–Crippen LogP) is 6.69. The number of piperidine rings is 2. The van der Waals surface area contributed by atoms with Crippen LogP contribution in [0.4, 0.5) is 4.79 Å². The number of amides is 2. The molecule has 2 bridgehead atoms. The lowest BCUT2D eigenvalue weighted by atomic mass is 9.76. The SMILES string of the molecule is COc1cc(C(=O)N2C[C@H]3CC[C@@H]2C[C@@H]3N)cc2nc(-c3cc4cccc(C5CCN(C(=O)OCc6ccccc6)C5)c4n3CC3CC3)n(C)c12. The number of carbonyl (C=O) groups is 2. The molecule has 5 aromatic rings. The van der Waals surface area contributed by atoms with E-state index in [4.69, 9.17) is 20.2 Å². The van der Waals surface area contributed by atoms with Gasteiger partial charge in [-0.15, -0.1) is 0 Å². The second-order valence-electron chi connectivity index (χ2n) is 15.2. The van der Waals surface area contributed by atoms with Crippen molar-refractivity contribution in [3.8, 4) is 17.3 Å². The third-order valence-electron chi connectivity index (χ3n) is 12.0. The van der Waals surface area contributed by atoms with Gasteiger partial charge in [0.25, 0.3) is 5.91 Å². The lowest BCUT2D eigenvalue weighted by Gasteiger charge is -2.48. The first-order valence-corrected chi connectivity index (χ1v) is 18.6. The molecule has 0 spiro atoms. The summed E-state index contributed by atoms with van der Waals surface area (Å²) in [7, 11) is 3.70. The van der Waals surface area contributed by atoms with Crippen molar-refractivity contribution in [3.63, 3.8) is 0 Å². The highest BCUT2D eigenvalue weighted by Crippen LogP contribution is 2.42. The molecule has 5 aliphatic rings. The Hall–Kier alpha value is -4.83. The van der Waals surface area contributed by atoms with Gasteiger partial charge >= 0.3 is 6.09 Å². The summed E-state index contributed by atoms with van der Waals surface area (Å²) in [5.74, 6) is 2.72. The molecule has 2 amide bonds. The fraction of sp³-hybridized carbons (Fsp3) is 0.439. The van der Waals surface area contributed by atoms with Crippen molar-refractivity contribution in [2.45, 2.75) is 69.7 Å². The van der Waals surface area contributed by atoms with E-state index in [1.807, 2.05) is 59.3 Å². The van der Waals surface area contributed by atoms with E-state index >= 15 is 0 Å². The van der Waals surface area contributed by atoms with Crippen LogP contribution in [0, 0.1) is 11.8 Å². The van der Waals surface area contributed by atoms with Crippen LogP contribution in [0.5, 0.6) is 5.75 Å². The number of aryl methyl sites for hydroxylation is 1. The van der Waals surface area contributed by atoms with Crippen LogP contribution < -0.4 is 10.5 Å². The van der Waals surface area contributed by atoms with Gasteiger partial charge in [0.15, 0.2) is 5.82 Å². The Morgan fingerprint density at radius 3 is 2.53 bits per heavy atom. The fourth-order valence-corrected chi connectivity index (χ4v) is 9.00. The minimum Gasteiger partial charge on any atom is -0.494 e. The quantitative estimate of drug-likeness (QED) is 0.195. The summed E-state index contributed by atoms with van der Waals surface area (Å²) in [6, 6.07) is 22.8. The van der Waals surface area contributed by atoms with Crippen LogP contribution in [-0.2, 0) is 24.9 Å². The number of benzene rings is 3. The molecule has 5 heterocycles. The second-order valence-corrected chi connectivity index (χ2v) is 15.2. The zero-order valence-electron chi connectivity index (χ0n) is 29.5. The van der Waals surface area contributed by atoms with E-state index in [1.165, 1.54) is 29.3 Å². The Bertz CT molecular complexity index is 2130. The lowest BCUT2D eigenvalue weighted by molar-refractivity contribution is 0.0261. The monoisotopic (exact) mass is 686 g/mol. The molecule has 1 unspecified atom stereocenters. The van der Waals surface area contributed by atoms with E-state index in [0.717, 1.165) is 66.9 Å². The van der Waals surface area contributed by atoms with E-state index in [9.17, 15) is 9.59 Å². The van der Waals surface area contributed by atoms with Crippen molar-refractivity contribution >= 4 is 33.9 Å². The van der Waals surface area contributed by atoms with Crippen molar-refractivity contribution in [1.82, 2.24) is 23.9 Å². The number of para-hydroxylation sites is 1. The number of methoxy groups -OCH3 is 1. The number of aromatic nitrogens is 3. The van der Waals surface area contributed by atoms with Gasteiger partial charge in [0.05, 0.1) is 23.8 Å². The maximum absolute atomic E-state index is 14.0. The summed E-state index contributed by atoms with van der Waals surface area (Å²) in [6.45, 7) is 3.20. The molecular formula is C41H46N6O4. The number of fused-ring (bicyclic) bond motifs is 5. The molecular weight excluding hydrogens is 640 g/mol. The van der Waals surface area contributed by atoms with Gasteiger partial charge in [-0.1, -0.05) is 48.5 Å². The number of hydrogen-bond donors (Lipinski definition) is 1. The molecule has 3 aromatic carbocycles. The largest absolute Gasteiger partial charge is 0.494 e. The smallest absolute Gasteiger partial charge is 0.410 e. The summed E-state index contributed by atoms with van der Waals surface area (Å²) in [5.41, 5.74) is 13.1. The van der Waals surface area contributed by atoms with E-state index in [-0.39, 0.29) is 36.6 Å². The maximum atomic E-state index is 14.0. The summed E-state index contributed by atoms with van der Waals surface area (Å²) < 4.78 is 16.2. The van der Waals surface area contributed by atoms with Crippen LogP contribution in [0.2, 0.25) is 0 Å². The van der Waals surface area contributed by atoms with Crippen LogP contribution in [0.3, 0.4) is 0 Å². The van der Waals surface area contributed by atoms with E-state index in [0.29, 0.717) is 36.2 Å². The molecule has 10 rings (SSSR count). The van der Waals surface area contributed by atoms with Crippen LogP contribution in [0.25, 0.3) is 33.5 Å². The van der Waals surface area contributed by atoms with Crippen LogP contribution in [0.15, 0.2) is 66.7 Å². The van der Waals surface area contributed by atoms with Gasteiger partial charge in [-0.05, 0) is 79.7 Å². The van der Waals surface area contributed by atoms with Crippen LogP contribution in [-0.4, -0.2) is 74.7 Å². The molecule has 5 fully saturated rings. The minimum atomic E-state index is -0.259. The average molecular weight is 687 g/mol. The van der Waals surface area contributed by atoms with Gasteiger partial charge in [0, 0.05) is 62.2 Å². The number of ether oxygens (including phenoxy) is 2. The highest BCUT2D eigenvalue weighted by molar-refractivity contribution is 6.00. The molecule has 2 saturated carbocycles. The van der Waals surface area contributed by atoms with E-state index < -0.39 is 0 Å². The zero-order chi connectivity index (χ0) is 34.8. The maximum Gasteiger partial charge on any atom is 0.410 e. The number of likely N-dealkylation sites (tertiary alicyclic amines) is 1. The number of carbonyl (C=O) groups excluding carboxylic acids is 2. The van der Waals surface area contributed by atoms with Crippen molar-refractivity contribution in [2.75, 3.05) is 26.7 Å². The second kappa shape index (κ2) is 12.7. The molecule has 0 radical (unpaired) electrons. The van der Waals surface area contributed by atoms with E-state index in [2.05, 4.69) is 33.4 Å². The van der Waals surface area contributed by atoms with Gasteiger partial charge < -0.3 is 34.1 Å². The first-order valence-electron chi connectivity index (χ1n) is 18.6. The van der Waals surface area contributed by atoms with Crippen molar-refractivity contribution < 1.29 is 19.1 Å². The normalized spacial score (nSPS) is 23.0. The minimum absolute atomic E-state index is 0.0334. The molecule has 3 saturated heterocycles. The molecule has 10 heteroatoms. The number of imidazole rings is 1. The Balaban J connectivity index is 1.05. The number of nitrogens with zero attached hydrogens (tertiary/aromatic N) is 5. The Kier molecular flexibility index (Phi) is 8.02. The Morgan fingerprint density at radius 2 is 1.78 bits per heavy atom. The Morgan fingerprint density at radius 1 is 0.941 bits per heavy atom.